The van der Waals surface area contributed by atoms with Gasteiger partial charge < -0.3 is 4.90 Å². The standard InChI is InChI=1S/C16H17Cl2N3O3S2/c1-10-14(25-11(2)19-10)16(22)20-6-8-21(9-7-20)26(23,24)15-12(17)4-3-5-13(15)18/h3-5H,6-9H2,1-2H3. The van der Waals surface area contributed by atoms with Crippen molar-refractivity contribution >= 4 is 50.5 Å². The minimum atomic E-state index is -3.82. The highest BCUT2D eigenvalue weighted by Gasteiger charge is 2.33. The number of rotatable bonds is 3. The molecule has 1 aromatic heterocycles. The zero-order chi connectivity index (χ0) is 19.1. The van der Waals surface area contributed by atoms with Crippen molar-refractivity contribution in [3.63, 3.8) is 0 Å². The molecule has 1 aromatic carbocycles. The van der Waals surface area contributed by atoms with Crippen LogP contribution in [0.5, 0.6) is 0 Å². The molecule has 0 unspecified atom stereocenters. The molecule has 1 amide bonds. The number of hydrogen-bond acceptors (Lipinski definition) is 5. The van der Waals surface area contributed by atoms with E-state index in [1.54, 1.807) is 17.9 Å². The van der Waals surface area contributed by atoms with Crippen molar-refractivity contribution in [3.8, 4) is 0 Å². The van der Waals surface area contributed by atoms with Crippen LogP contribution in [0.3, 0.4) is 0 Å². The largest absolute Gasteiger partial charge is 0.335 e. The van der Waals surface area contributed by atoms with Crippen LogP contribution in [0.15, 0.2) is 23.1 Å². The molecule has 0 aliphatic carbocycles. The Kier molecular flexibility index (Phi) is 5.60. The van der Waals surface area contributed by atoms with Gasteiger partial charge in [0.15, 0.2) is 0 Å². The van der Waals surface area contributed by atoms with Crippen LogP contribution in [0.2, 0.25) is 10.0 Å². The summed E-state index contributed by atoms with van der Waals surface area (Å²) in [6.45, 7) is 4.63. The zero-order valence-electron chi connectivity index (χ0n) is 14.2. The van der Waals surface area contributed by atoms with Crippen molar-refractivity contribution in [1.29, 1.82) is 0 Å². The fourth-order valence-electron chi connectivity index (χ4n) is 2.86. The van der Waals surface area contributed by atoms with Gasteiger partial charge in [0.25, 0.3) is 5.91 Å². The molecule has 1 saturated heterocycles. The molecule has 6 nitrogen and oxygen atoms in total. The summed E-state index contributed by atoms with van der Waals surface area (Å²) >= 11 is 13.5. The molecule has 0 spiro atoms. The number of carbonyl (C=O) groups is 1. The molecule has 1 aliphatic heterocycles. The lowest BCUT2D eigenvalue weighted by Gasteiger charge is -2.34. The van der Waals surface area contributed by atoms with E-state index in [0.29, 0.717) is 23.7 Å². The third-order valence-electron chi connectivity index (χ3n) is 4.14. The molecule has 140 valence electrons. The number of hydrogen-bond donors (Lipinski definition) is 0. The minimum Gasteiger partial charge on any atom is -0.335 e. The van der Waals surface area contributed by atoms with Crippen molar-refractivity contribution < 1.29 is 13.2 Å². The van der Waals surface area contributed by atoms with Gasteiger partial charge in [-0.05, 0) is 26.0 Å². The van der Waals surface area contributed by atoms with Crippen molar-refractivity contribution in [1.82, 2.24) is 14.2 Å². The Labute approximate surface area is 166 Å². The number of amides is 1. The highest BCUT2D eigenvalue weighted by Crippen LogP contribution is 2.32. The maximum Gasteiger partial charge on any atom is 0.265 e. The van der Waals surface area contributed by atoms with E-state index in [1.165, 1.54) is 27.8 Å². The first-order valence-corrected chi connectivity index (χ1v) is 10.9. The fourth-order valence-corrected chi connectivity index (χ4v) is 6.26. The third-order valence-corrected chi connectivity index (χ3v) is 8.06. The Morgan fingerprint density at radius 2 is 1.69 bits per heavy atom. The quantitative estimate of drug-likeness (QED) is 0.744. The maximum absolute atomic E-state index is 12.9. The second-order valence-electron chi connectivity index (χ2n) is 5.89. The Hall–Kier alpha value is -1.19. The first-order chi connectivity index (χ1) is 12.2. The van der Waals surface area contributed by atoms with Crippen molar-refractivity contribution in [2.45, 2.75) is 18.7 Å². The lowest BCUT2D eigenvalue weighted by molar-refractivity contribution is 0.0702. The predicted octanol–water partition coefficient (Wildman–Crippen LogP) is 3.21. The SMILES string of the molecule is Cc1nc(C)c(C(=O)N2CCN(S(=O)(=O)c3c(Cl)cccc3Cl)CC2)s1. The summed E-state index contributed by atoms with van der Waals surface area (Å²) in [4.78, 5) is 19.1. The van der Waals surface area contributed by atoms with Crippen molar-refractivity contribution in [3.05, 3.63) is 43.8 Å². The molecule has 0 N–H and O–H groups in total. The number of thiazole rings is 1. The van der Waals surface area contributed by atoms with Crippen molar-refractivity contribution in [2.75, 3.05) is 26.2 Å². The molecule has 0 atom stereocenters. The molecule has 1 fully saturated rings. The van der Waals surface area contributed by atoms with E-state index >= 15 is 0 Å². The van der Waals surface area contributed by atoms with E-state index in [1.807, 2.05) is 6.92 Å². The van der Waals surface area contributed by atoms with Gasteiger partial charge in [-0.15, -0.1) is 11.3 Å². The normalized spacial score (nSPS) is 16.1. The van der Waals surface area contributed by atoms with E-state index in [-0.39, 0.29) is 33.9 Å². The molecule has 2 aromatic rings. The van der Waals surface area contributed by atoms with E-state index < -0.39 is 10.0 Å². The number of aryl methyl sites for hydroxylation is 2. The van der Waals surface area contributed by atoms with Crippen LogP contribution < -0.4 is 0 Å². The van der Waals surface area contributed by atoms with Crippen LogP contribution in [0.4, 0.5) is 0 Å². The van der Waals surface area contributed by atoms with Gasteiger partial charge >= 0.3 is 0 Å². The average Bonchev–Trinajstić information content (AvgIpc) is 2.92. The van der Waals surface area contributed by atoms with Gasteiger partial charge in [-0.3, -0.25) is 4.79 Å². The minimum absolute atomic E-state index is 0.0861. The Morgan fingerprint density at radius 3 is 2.19 bits per heavy atom. The smallest absolute Gasteiger partial charge is 0.265 e. The van der Waals surface area contributed by atoms with E-state index in [9.17, 15) is 13.2 Å². The Balaban J connectivity index is 1.76. The molecule has 3 rings (SSSR count). The second kappa shape index (κ2) is 7.44. The summed E-state index contributed by atoms with van der Waals surface area (Å²) in [5.41, 5.74) is 0.704. The topological polar surface area (TPSA) is 70.6 Å². The monoisotopic (exact) mass is 433 g/mol. The molecule has 0 radical (unpaired) electrons. The Morgan fingerprint density at radius 1 is 1.12 bits per heavy atom. The first kappa shape index (κ1) is 19.6. The zero-order valence-corrected chi connectivity index (χ0v) is 17.3. The second-order valence-corrected chi connectivity index (χ2v) is 9.79. The molecular formula is C16H17Cl2N3O3S2. The average molecular weight is 434 g/mol. The van der Waals surface area contributed by atoms with Gasteiger partial charge in [0, 0.05) is 26.2 Å². The van der Waals surface area contributed by atoms with Gasteiger partial charge in [-0.2, -0.15) is 4.31 Å². The number of benzene rings is 1. The first-order valence-electron chi connectivity index (χ1n) is 7.89. The lowest BCUT2D eigenvalue weighted by Crippen LogP contribution is -2.50. The lowest BCUT2D eigenvalue weighted by atomic mass is 10.3. The van der Waals surface area contributed by atoms with E-state index in [4.69, 9.17) is 23.2 Å². The van der Waals surface area contributed by atoms with E-state index in [0.717, 1.165) is 5.01 Å². The molecule has 1 aliphatic rings. The van der Waals surface area contributed by atoms with E-state index in [2.05, 4.69) is 4.98 Å². The summed E-state index contributed by atoms with van der Waals surface area (Å²) in [5.74, 6) is -0.110. The van der Waals surface area contributed by atoms with Gasteiger partial charge in [0.05, 0.1) is 20.7 Å². The molecule has 26 heavy (non-hydrogen) atoms. The number of nitrogens with zero attached hydrogens (tertiary/aromatic N) is 3. The number of sulfonamides is 1. The van der Waals surface area contributed by atoms with Crippen LogP contribution in [-0.2, 0) is 10.0 Å². The fraction of sp³-hybridized carbons (Fsp3) is 0.375. The number of aromatic nitrogens is 1. The number of carbonyl (C=O) groups excluding carboxylic acids is 1. The van der Waals surface area contributed by atoms with Gasteiger partial charge in [-0.1, -0.05) is 29.3 Å². The maximum atomic E-state index is 12.9. The summed E-state index contributed by atoms with van der Waals surface area (Å²) in [7, 11) is -3.82. The number of halogens is 2. The van der Waals surface area contributed by atoms with Crippen LogP contribution in [0.1, 0.15) is 20.4 Å². The van der Waals surface area contributed by atoms with Gasteiger partial charge in [-0.25, -0.2) is 13.4 Å². The summed E-state index contributed by atoms with van der Waals surface area (Å²) in [6, 6.07) is 4.59. The van der Waals surface area contributed by atoms with Crippen LogP contribution in [0.25, 0.3) is 0 Å². The molecule has 0 bridgehead atoms. The summed E-state index contributed by atoms with van der Waals surface area (Å²) < 4.78 is 27.1. The van der Waals surface area contributed by atoms with Crippen LogP contribution in [-0.4, -0.2) is 54.7 Å². The molecule has 0 saturated carbocycles. The van der Waals surface area contributed by atoms with Crippen LogP contribution >= 0.6 is 34.5 Å². The van der Waals surface area contributed by atoms with Gasteiger partial charge in [0.1, 0.15) is 9.77 Å². The number of piperazine rings is 1. The molecule has 2 heterocycles. The third kappa shape index (κ3) is 3.61. The highest BCUT2D eigenvalue weighted by atomic mass is 35.5. The summed E-state index contributed by atoms with van der Waals surface area (Å²) in [5, 5.41) is 1.01. The van der Waals surface area contributed by atoms with Crippen molar-refractivity contribution in [2.24, 2.45) is 0 Å². The molecular weight excluding hydrogens is 417 g/mol. The summed E-state index contributed by atoms with van der Waals surface area (Å²) in [6.07, 6.45) is 0. The highest BCUT2D eigenvalue weighted by molar-refractivity contribution is 7.89. The van der Waals surface area contributed by atoms with Gasteiger partial charge in [0.2, 0.25) is 10.0 Å². The molecule has 10 heteroatoms. The Bertz CT molecular complexity index is 931. The predicted molar refractivity (Wildman–Crippen MR) is 103 cm³/mol. The van der Waals surface area contributed by atoms with Crippen LogP contribution in [0, 0.1) is 13.8 Å².